The standard InChI is InChI=1S/C14H20N4/c1-12(16-9-5-8-15)13-10-17-18(11-13)14-6-3-2-4-7-14/h2-4,6-7,10-12,16H,5,8-9,15H2,1H3. The summed E-state index contributed by atoms with van der Waals surface area (Å²) >= 11 is 0. The van der Waals surface area contributed by atoms with Crippen molar-refractivity contribution in [1.82, 2.24) is 15.1 Å². The second-order valence-electron chi connectivity index (χ2n) is 4.37. The molecule has 4 heteroatoms. The van der Waals surface area contributed by atoms with Crippen molar-refractivity contribution in [2.45, 2.75) is 19.4 Å². The molecule has 0 radical (unpaired) electrons. The number of rotatable bonds is 6. The van der Waals surface area contributed by atoms with Gasteiger partial charge in [-0.15, -0.1) is 0 Å². The van der Waals surface area contributed by atoms with Gasteiger partial charge < -0.3 is 11.1 Å². The summed E-state index contributed by atoms with van der Waals surface area (Å²) in [7, 11) is 0. The van der Waals surface area contributed by atoms with Crippen LogP contribution in [0.4, 0.5) is 0 Å². The van der Waals surface area contributed by atoms with Gasteiger partial charge in [0.25, 0.3) is 0 Å². The van der Waals surface area contributed by atoms with Crippen molar-refractivity contribution in [3.8, 4) is 5.69 Å². The third kappa shape index (κ3) is 3.18. The summed E-state index contributed by atoms with van der Waals surface area (Å²) in [5.74, 6) is 0. The van der Waals surface area contributed by atoms with Crippen molar-refractivity contribution < 1.29 is 0 Å². The summed E-state index contributed by atoms with van der Waals surface area (Å²) in [5, 5.41) is 7.82. The van der Waals surface area contributed by atoms with E-state index in [4.69, 9.17) is 5.73 Å². The Labute approximate surface area is 108 Å². The highest BCUT2D eigenvalue weighted by molar-refractivity contribution is 5.31. The molecule has 2 rings (SSSR count). The first-order chi connectivity index (χ1) is 8.81. The van der Waals surface area contributed by atoms with E-state index in [0.29, 0.717) is 6.04 Å². The molecular weight excluding hydrogens is 224 g/mol. The third-order valence-electron chi connectivity index (χ3n) is 2.95. The van der Waals surface area contributed by atoms with Crippen molar-refractivity contribution in [3.05, 3.63) is 48.3 Å². The van der Waals surface area contributed by atoms with Gasteiger partial charge in [-0.1, -0.05) is 18.2 Å². The number of aromatic nitrogens is 2. The van der Waals surface area contributed by atoms with Crippen molar-refractivity contribution in [3.63, 3.8) is 0 Å². The Morgan fingerprint density at radius 2 is 2.11 bits per heavy atom. The van der Waals surface area contributed by atoms with Crippen LogP contribution in [0.15, 0.2) is 42.7 Å². The predicted octanol–water partition coefficient (Wildman–Crippen LogP) is 1.87. The molecule has 1 aromatic heterocycles. The van der Waals surface area contributed by atoms with Crippen molar-refractivity contribution in [2.24, 2.45) is 5.73 Å². The number of hydrogen-bond donors (Lipinski definition) is 2. The first-order valence-electron chi connectivity index (χ1n) is 6.34. The Morgan fingerprint density at radius 1 is 1.33 bits per heavy atom. The number of nitrogens with zero attached hydrogens (tertiary/aromatic N) is 2. The van der Waals surface area contributed by atoms with Crippen molar-refractivity contribution >= 4 is 0 Å². The molecule has 0 aliphatic heterocycles. The molecule has 4 nitrogen and oxygen atoms in total. The topological polar surface area (TPSA) is 55.9 Å². The monoisotopic (exact) mass is 244 g/mol. The van der Waals surface area contributed by atoms with E-state index in [0.717, 1.165) is 25.2 Å². The maximum Gasteiger partial charge on any atom is 0.0645 e. The summed E-state index contributed by atoms with van der Waals surface area (Å²) in [6, 6.07) is 10.4. The number of nitrogens with one attached hydrogen (secondary N) is 1. The zero-order chi connectivity index (χ0) is 12.8. The molecule has 1 heterocycles. The van der Waals surface area contributed by atoms with Gasteiger partial charge in [-0.2, -0.15) is 5.10 Å². The molecule has 0 spiro atoms. The van der Waals surface area contributed by atoms with E-state index < -0.39 is 0 Å². The van der Waals surface area contributed by atoms with Gasteiger partial charge >= 0.3 is 0 Å². The van der Waals surface area contributed by atoms with Crippen LogP contribution in [0.1, 0.15) is 24.9 Å². The second-order valence-corrected chi connectivity index (χ2v) is 4.37. The van der Waals surface area contributed by atoms with Gasteiger partial charge in [0.2, 0.25) is 0 Å². The Hall–Kier alpha value is -1.65. The van der Waals surface area contributed by atoms with E-state index >= 15 is 0 Å². The predicted molar refractivity (Wildman–Crippen MR) is 73.7 cm³/mol. The average molecular weight is 244 g/mol. The van der Waals surface area contributed by atoms with Crippen LogP contribution in [-0.2, 0) is 0 Å². The molecule has 0 saturated carbocycles. The molecule has 0 saturated heterocycles. The summed E-state index contributed by atoms with van der Waals surface area (Å²) in [4.78, 5) is 0. The summed E-state index contributed by atoms with van der Waals surface area (Å²) in [6.07, 6.45) is 4.97. The maximum absolute atomic E-state index is 5.48. The zero-order valence-electron chi connectivity index (χ0n) is 10.7. The van der Waals surface area contributed by atoms with Crippen LogP contribution in [0.25, 0.3) is 5.69 Å². The lowest BCUT2D eigenvalue weighted by Crippen LogP contribution is -2.21. The first-order valence-corrected chi connectivity index (χ1v) is 6.34. The maximum atomic E-state index is 5.48. The summed E-state index contributed by atoms with van der Waals surface area (Å²) in [6.45, 7) is 3.81. The zero-order valence-corrected chi connectivity index (χ0v) is 10.7. The van der Waals surface area contributed by atoms with Crippen molar-refractivity contribution in [2.75, 3.05) is 13.1 Å². The Balaban J connectivity index is 2.02. The van der Waals surface area contributed by atoms with Crippen molar-refractivity contribution in [1.29, 1.82) is 0 Å². The molecule has 1 aromatic carbocycles. The molecule has 18 heavy (non-hydrogen) atoms. The highest BCUT2D eigenvalue weighted by Gasteiger charge is 2.07. The lowest BCUT2D eigenvalue weighted by Gasteiger charge is -2.10. The largest absolute Gasteiger partial charge is 0.330 e. The fraction of sp³-hybridized carbons (Fsp3) is 0.357. The summed E-state index contributed by atoms with van der Waals surface area (Å²) in [5.41, 5.74) is 7.75. The van der Waals surface area contributed by atoms with Crippen LogP contribution in [-0.4, -0.2) is 22.9 Å². The first kappa shape index (κ1) is 12.8. The number of hydrogen-bond acceptors (Lipinski definition) is 3. The molecule has 96 valence electrons. The Kier molecular flexibility index (Phi) is 4.50. The van der Waals surface area contributed by atoms with Gasteiger partial charge in [-0.3, -0.25) is 0 Å². The molecule has 0 bridgehead atoms. The quantitative estimate of drug-likeness (QED) is 0.763. The number of nitrogens with two attached hydrogens (primary N) is 1. The van der Waals surface area contributed by atoms with E-state index in [1.807, 2.05) is 41.2 Å². The van der Waals surface area contributed by atoms with Gasteiger partial charge in [-0.25, -0.2) is 4.68 Å². The average Bonchev–Trinajstić information content (AvgIpc) is 2.89. The minimum atomic E-state index is 0.300. The molecule has 3 N–H and O–H groups in total. The number of benzene rings is 1. The minimum absolute atomic E-state index is 0.300. The van der Waals surface area contributed by atoms with Crippen LogP contribution < -0.4 is 11.1 Å². The van der Waals surface area contributed by atoms with Gasteiger partial charge in [0.05, 0.1) is 11.9 Å². The normalized spacial score (nSPS) is 12.6. The number of para-hydroxylation sites is 1. The van der Waals surface area contributed by atoms with Crippen LogP contribution >= 0.6 is 0 Å². The highest BCUT2D eigenvalue weighted by Crippen LogP contribution is 2.13. The molecule has 0 aliphatic carbocycles. The van der Waals surface area contributed by atoms with Crippen LogP contribution in [0.2, 0.25) is 0 Å². The molecule has 1 unspecified atom stereocenters. The van der Waals surface area contributed by atoms with Gasteiger partial charge in [0, 0.05) is 17.8 Å². The highest BCUT2D eigenvalue weighted by atomic mass is 15.3. The fourth-order valence-corrected chi connectivity index (χ4v) is 1.82. The molecule has 0 aliphatic rings. The molecule has 1 atom stereocenters. The van der Waals surface area contributed by atoms with E-state index in [2.05, 4.69) is 23.5 Å². The van der Waals surface area contributed by atoms with E-state index in [-0.39, 0.29) is 0 Å². The smallest absolute Gasteiger partial charge is 0.0645 e. The van der Waals surface area contributed by atoms with Gasteiger partial charge in [-0.05, 0) is 38.6 Å². The molecule has 2 aromatic rings. The Morgan fingerprint density at radius 3 is 2.83 bits per heavy atom. The minimum Gasteiger partial charge on any atom is -0.330 e. The second kappa shape index (κ2) is 6.33. The van der Waals surface area contributed by atoms with Gasteiger partial charge in [0.15, 0.2) is 0 Å². The fourth-order valence-electron chi connectivity index (χ4n) is 1.82. The van der Waals surface area contributed by atoms with E-state index in [1.54, 1.807) is 0 Å². The molecule has 0 fully saturated rings. The lowest BCUT2D eigenvalue weighted by molar-refractivity contribution is 0.561. The van der Waals surface area contributed by atoms with E-state index in [9.17, 15) is 0 Å². The lowest BCUT2D eigenvalue weighted by atomic mass is 10.2. The molecular formula is C14H20N4. The van der Waals surface area contributed by atoms with Crippen LogP contribution in [0, 0.1) is 0 Å². The van der Waals surface area contributed by atoms with Crippen LogP contribution in [0.3, 0.4) is 0 Å². The SMILES string of the molecule is CC(NCCCN)c1cnn(-c2ccccc2)c1. The molecule has 0 amide bonds. The van der Waals surface area contributed by atoms with Gasteiger partial charge in [0.1, 0.15) is 0 Å². The van der Waals surface area contributed by atoms with Crippen LogP contribution in [0.5, 0.6) is 0 Å². The Bertz CT molecular complexity index is 464. The third-order valence-corrected chi connectivity index (χ3v) is 2.95. The van der Waals surface area contributed by atoms with E-state index in [1.165, 1.54) is 5.56 Å². The summed E-state index contributed by atoms with van der Waals surface area (Å²) < 4.78 is 1.90.